The average Bonchev–Trinajstić information content (AvgIpc) is 2.10. The lowest BCUT2D eigenvalue weighted by Crippen LogP contribution is -2.19. The number of benzene rings is 1. The van der Waals surface area contributed by atoms with Crippen molar-refractivity contribution in [3.8, 4) is 6.07 Å². The zero-order valence-electron chi connectivity index (χ0n) is 6.84. The maximum absolute atomic E-state index is 8.68. The first-order valence-electron chi connectivity index (χ1n) is 3.50. The molecule has 0 radical (unpaired) electrons. The van der Waals surface area contributed by atoms with E-state index in [1.54, 1.807) is 12.1 Å². The number of nitrogens with two attached hydrogens (primary N) is 1. The zero-order valence-corrected chi connectivity index (χ0v) is 10.6. The number of thiocarbonyl (C=S) groups is 1. The van der Waals surface area contributed by atoms with Crippen LogP contribution < -0.4 is 11.1 Å². The molecule has 0 aliphatic rings. The fourth-order valence-corrected chi connectivity index (χ4v) is 2.17. The van der Waals surface area contributed by atoms with Crippen molar-refractivity contribution in [3.05, 3.63) is 26.3 Å². The number of nitrogens with zero attached hydrogens (tertiary/aromatic N) is 1. The lowest BCUT2D eigenvalue weighted by atomic mass is 10.2. The van der Waals surface area contributed by atoms with Crippen LogP contribution in [-0.2, 0) is 0 Å². The van der Waals surface area contributed by atoms with Crippen molar-refractivity contribution in [3.63, 3.8) is 0 Å². The van der Waals surface area contributed by atoms with Crippen LogP contribution in [0.15, 0.2) is 12.1 Å². The molecule has 0 spiro atoms. The van der Waals surface area contributed by atoms with Crippen LogP contribution in [-0.4, -0.2) is 5.11 Å². The van der Waals surface area contributed by atoms with Gasteiger partial charge in [0.1, 0.15) is 0 Å². The Morgan fingerprint density at radius 3 is 2.71 bits per heavy atom. The maximum atomic E-state index is 8.68. The Balaban J connectivity index is 3.19. The van der Waals surface area contributed by atoms with Crippen LogP contribution >= 0.6 is 46.4 Å². The smallest absolute Gasteiger partial charge is 0.168 e. The zero-order chi connectivity index (χ0) is 10.7. The van der Waals surface area contributed by atoms with Gasteiger partial charge in [-0.3, -0.25) is 0 Å². The molecule has 0 atom stereocenters. The van der Waals surface area contributed by atoms with E-state index in [0.29, 0.717) is 16.3 Å². The summed E-state index contributed by atoms with van der Waals surface area (Å²) in [6, 6.07) is 5.27. The normalized spacial score (nSPS) is 9.21. The molecule has 3 N–H and O–H groups in total. The van der Waals surface area contributed by atoms with Crippen LogP contribution in [0, 0.1) is 14.9 Å². The summed E-state index contributed by atoms with van der Waals surface area (Å²) in [5.74, 6) is 0. The van der Waals surface area contributed by atoms with Gasteiger partial charge >= 0.3 is 0 Å². The summed E-state index contributed by atoms with van der Waals surface area (Å²) in [4.78, 5) is 0. The SMILES string of the molecule is N#Cc1cc(Cl)c(NC(N)=S)c(I)c1. The van der Waals surface area contributed by atoms with Crippen molar-refractivity contribution in [2.45, 2.75) is 0 Å². The van der Waals surface area contributed by atoms with Crippen molar-refractivity contribution in [2.75, 3.05) is 5.32 Å². The first-order chi connectivity index (χ1) is 6.54. The quantitative estimate of drug-likeness (QED) is 0.610. The van der Waals surface area contributed by atoms with Crippen LogP contribution in [0.4, 0.5) is 5.69 Å². The minimum atomic E-state index is 0.148. The first-order valence-corrected chi connectivity index (χ1v) is 5.36. The van der Waals surface area contributed by atoms with E-state index in [4.69, 9.17) is 34.8 Å². The summed E-state index contributed by atoms with van der Waals surface area (Å²) in [7, 11) is 0. The maximum Gasteiger partial charge on any atom is 0.168 e. The van der Waals surface area contributed by atoms with Gasteiger partial charge in [0.05, 0.1) is 22.3 Å². The van der Waals surface area contributed by atoms with Crippen LogP contribution in [0.25, 0.3) is 0 Å². The summed E-state index contributed by atoms with van der Waals surface area (Å²) >= 11 is 12.7. The molecule has 0 saturated heterocycles. The van der Waals surface area contributed by atoms with Crippen LogP contribution in [0.2, 0.25) is 5.02 Å². The molecule has 0 heterocycles. The van der Waals surface area contributed by atoms with E-state index in [-0.39, 0.29) is 5.11 Å². The van der Waals surface area contributed by atoms with Crippen molar-refractivity contribution in [1.82, 2.24) is 0 Å². The second-order valence-electron chi connectivity index (χ2n) is 2.42. The van der Waals surface area contributed by atoms with E-state index in [2.05, 4.69) is 27.9 Å². The van der Waals surface area contributed by atoms with E-state index in [1.807, 2.05) is 6.07 Å². The third kappa shape index (κ3) is 2.70. The Labute approximate surface area is 105 Å². The predicted octanol–water partition coefficient (Wildman–Crippen LogP) is 2.47. The molecular weight excluding hydrogens is 333 g/mol. The third-order valence-corrected chi connectivity index (χ3v) is 2.67. The average molecular weight is 338 g/mol. The number of hydrogen-bond donors (Lipinski definition) is 2. The molecule has 14 heavy (non-hydrogen) atoms. The van der Waals surface area contributed by atoms with E-state index in [9.17, 15) is 0 Å². The van der Waals surface area contributed by atoms with Gasteiger partial charge in [0.15, 0.2) is 5.11 Å². The minimum absolute atomic E-state index is 0.148. The van der Waals surface area contributed by atoms with Crippen LogP contribution in [0.1, 0.15) is 5.56 Å². The van der Waals surface area contributed by atoms with Gasteiger partial charge in [-0.25, -0.2) is 0 Å². The number of nitrogens with one attached hydrogen (secondary N) is 1. The Hall–Kier alpha value is -0.580. The summed E-state index contributed by atoms with van der Waals surface area (Å²) in [6.07, 6.45) is 0. The number of rotatable bonds is 1. The molecule has 0 saturated carbocycles. The van der Waals surface area contributed by atoms with Gasteiger partial charge in [-0.1, -0.05) is 11.6 Å². The number of nitriles is 1. The molecule has 72 valence electrons. The largest absolute Gasteiger partial charge is 0.376 e. The molecule has 1 rings (SSSR count). The predicted molar refractivity (Wildman–Crippen MR) is 69.3 cm³/mol. The molecule has 0 bridgehead atoms. The highest BCUT2D eigenvalue weighted by molar-refractivity contribution is 14.1. The van der Waals surface area contributed by atoms with Gasteiger partial charge in [0, 0.05) is 3.57 Å². The van der Waals surface area contributed by atoms with E-state index >= 15 is 0 Å². The van der Waals surface area contributed by atoms with Gasteiger partial charge in [0.25, 0.3) is 0 Å². The molecule has 0 aromatic heterocycles. The van der Waals surface area contributed by atoms with E-state index in [1.165, 1.54) is 0 Å². The lowest BCUT2D eigenvalue weighted by molar-refractivity contribution is 1.47. The molecule has 0 aliphatic carbocycles. The summed E-state index contributed by atoms with van der Waals surface area (Å²) in [5, 5.41) is 12.0. The van der Waals surface area contributed by atoms with Crippen molar-refractivity contribution in [1.29, 1.82) is 5.26 Å². The molecule has 0 unspecified atom stereocenters. The summed E-state index contributed by atoms with van der Waals surface area (Å²) < 4.78 is 0.805. The summed E-state index contributed by atoms with van der Waals surface area (Å²) in [5.41, 5.74) is 6.47. The van der Waals surface area contributed by atoms with Gasteiger partial charge in [-0.2, -0.15) is 5.26 Å². The fourth-order valence-electron chi connectivity index (χ4n) is 0.880. The number of anilines is 1. The van der Waals surface area contributed by atoms with Crippen LogP contribution in [0.3, 0.4) is 0 Å². The van der Waals surface area contributed by atoms with Crippen molar-refractivity contribution >= 4 is 57.2 Å². The monoisotopic (exact) mass is 337 g/mol. The second kappa shape index (κ2) is 4.77. The number of halogens is 2. The van der Waals surface area contributed by atoms with E-state index in [0.717, 1.165) is 3.57 Å². The summed E-state index contributed by atoms with van der Waals surface area (Å²) in [6.45, 7) is 0. The minimum Gasteiger partial charge on any atom is -0.376 e. The standard InChI is InChI=1S/C8H5ClIN3S/c9-5-1-4(3-11)2-6(10)7(5)13-8(12)14/h1-2H,(H3,12,13,14). The Bertz CT molecular complexity index is 404. The molecule has 0 fully saturated rings. The highest BCUT2D eigenvalue weighted by Crippen LogP contribution is 2.28. The van der Waals surface area contributed by atoms with Gasteiger partial charge < -0.3 is 11.1 Å². The lowest BCUT2D eigenvalue weighted by Gasteiger charge is -2.08. The molecule has 6 heteroatoms. The van der Waals surface area contributed by atoms with E-state index < -0.39 is 0 Å². The topological polar surface area (TPSA) is 61.8 Å². The molecule has 1 aromatic rings. The molecule has 1 aromatic carbocycles. The Kier molecular flexibility index (Phi) is 3.92. The molecular formula is C8H5ClIN3S. The third-order valence-electron chi connectivity index (χ3n) is 1.42. The van der Waals surface area contributed by atoms with Gasteiger partial charge in [-0.05, 0) is 46.9 Å². The molecule has 3 nitrogen and oxygen atoms in total. The van der Waals surface area contributed by atoms with Gasteiger partial charge in [-0.15, -0.1) is 0 Å². The molecule has 0 aliphatic heterocycles. The Morgan fingerprint density at radius 1 is 1.64 bits per heavy atom. The molecule has 0 amide bonds. The fraction of sp³-hybridized carbons (Fsp3) is 0. The highest BCUT2D eigenvalue weighted by atomic mass is 127. The number of hydrogen-bond acceptors (Lipinski definition) is 2. The van der Waals surface area contributed by atoms with Crippen molar-refractivity contribution in [2.24, 2.45) is 5.73 Å². The van der Waals surface area contributed by atoms with Crippen LogP contribution in [0.5, 0.6) is 0 Å². The van der Waals surface area contributed by atoms with Crippen molar-refractivity contribution < 1.29 is 0 Å². The first kappa shape index (κ1) is 11.5. The second-order valence-corrected chi connectivity index (χ2v) is 4.43. The van der Waals surface area contributed by atoms with Gasteiger partial charge in [0.2, 0.25) is 0 Å². The Morgan fingerprint density at radius 2 is 2.29 bits per heavy atom. The highest BCUT2D eigenvalue weighted by Gasteiger charge is 2.07.